The molecule has 4 heteroatoms. The Morgan fingerprint density at radius 2 is 1.79 bits per heavy atom. The monoisotopic (exact) mass is 345 g/mol. The van der Waals surface area contributed by atoms with Gasteiger partial charge in [-0.2, -0.15) is 0 Å². The molecule has 1 unspecified atom stereocenters. The van der Waals surface area contributed by atoms with Crippen LogP contribution in [0.5, 0.6) is 5.75 Å². The first-order valence-electron chi connectivity index (χ1n) is 8.32. The fourth-order valence-corrected chi connectivity index (χ4v) is 2.45. The van der Waals surface area contributed by atoms with Gasteiger partial charge in [-0.1, -0.05) is 49.7 Å². The van der Waals surface area contributed by atoms with Crippen molar-refractivity contribution >= 4 is 17.5 Å². The van der Waals surface area contributed by atoms with E-state index in [1.54, 1.807) is 0 Å². The molecule has 0 saturated carbocycles. The van der Waals surface area contributed by atoms with E-state index in [4.69, 9.17) is 16.3 Å². The van der Waals surface area contributed by atoms with Crippen LogP contribution >= 0.6 is 11.6 Å². The van der Waals surface area contributed by atoms with E-state index in [2.05, 4.69) is 31.3 Å². The molecule has 0 aromatic heterocycles. The normalized spacial score (nSPS) is 11.8. The highest BCUT2D eigenvalue weighted by molar-refractivity contribution is 6.30. The van der Waals surface area contributed by atoms with Crippen molar-refractivity contribution in [2.75, 3.05) is 13.2 Å². The molecule has 1 atom stereocenters. The third-order valence-electron chi connectivity index (χ3n) is 4.08. The standard InChI is InChI=1S/C20H24ClNO2/c1-3-15(2)17-6-10-19(11-7-17)24-14-20(23)22-13-12-16-4-8-18(21)9-5-16/h4-11,15H,3,12-14H2,1-2H3,(H,22,23). The Morgan fingerprint density at radius 1 is 1.12 bits per heavy atom. The van der Waals surface area contributed by atoms with Crippen molar-refractivity contribution in [3.8, 4) is 5.75 Å². The lowest BCUT2D eigenvalue weighted by atomic mass is 9.99. The summed E-state index contributed by atoms with van der Waals surface area (Å²) in [6.45, 7) is 4.98. The largest absolute Gasteiger partial charge is 0.484 e. The lowest BCUT2D eigenvalue weighted by Gasteiger charge is -2.11. The highest BCUT2D eigenvalue weighted by atomic mass is 35.5. The maximum absolute atomic E-state index is 11.8. The van der Waals surface area contributed by atoms with Gasteiger partial charge < -0.3 is 10.1 Å². The molecule has 0 radical (unpaired) electrons. The summed E-state index contributed by atoms with van der Waals surface area (Å²) in [5, 5.41) is 3.58. The minimum Gasteiger partial charge on any atom is -0.484 e. The molecule has 0 aliphatic heterocycles. The van der Waals surface area contributed by atoms with Crippen LogP contribution in [0.15, 0.2) is 48.5 Å². The maximum Gasteiger partial charge on any atom is 0.257 e. The summed E-state index contributed by atoms with van der Waals surface area (Å²) in [4.78, 5) is 11.8. The van der Waals surface area contributed by atoms with E-state index in [-0.39, 0.29) is 12.5 Å². The molecule has 2 aromatic rings. The minimum absolute atomic E-state index is 0.0310. The number of amides is 1. The van der Waals surface area contributed by atoms with E-state index < -0.39 is 0 Å². The van der Waals surface area contributed by atoms with Gasteiger partial charge in [0, 0.05) is 11.6 Å². The summed E-state index contributed by atoms with van der Waals surface area (Å²) in [7, 11) is 0. The molecular weight excluding hydrogens is 322 g/mol. The van der Waals surface area contributed by atoms with Gasteiger partial charge >= 0.3 is 0 Å². The van der Waals surface area contributed by atoms with Crippen molar-refractivity contribution in [3.05, 3.63) is 64.7 Å². The lowest BCUT2D eigenvalue weighted by Crippen LogP contribution is -2.30. The van der Waals surface area contributed by atoms with Gasteiger partial charge in [0.1, 0.15) is 5.75 Å². The second kappa shape index (κ2) is 9.33. The molecule has 2 aromatic carbocycles. The van der Waals surface area contributed by atoms with Crippen LogP contribution in [0.4, 0.5) is 0 Å². The van der Waals surface area contributed by atoms with Crippen molar-refractivity contribution in [1.82, 2.24) is 5.32 Å². The zero-order chi connectivity index (χ0) is 17.4. The van der Waals surface area contributed by atoms with Gasteiger partial charge in [0.2, 0.25) is 0 Å². The molecule has 128 valence electrons. The van der Waals surface area contributed by atoms with Crippen LogP contribution in [0.25, 0.3) is 0 Å². The smallest absolute Gasteiger partial charge is 0.257 e. The number of nitrogens with one attached hydrogen (secondary N) is 1. The minimum atomic E-state index is -0.116. The quantitative estimate of drug-likeness (QED) is 0.759. The van der Waals surface area contributed by atoms with E-state index in [0.29, 0.717) is 12.5 Å². The zero-order valence-corrected chi connectivity index (χ0v) is 15.0. The van der Waals surface area contributed by atoms with Crippen molar-refractivity contribution in [3.63, 3.8) is 0 Å². The number of halogens is 1. The highest BCUT2D eigenvalue weighted by Gasteiger charge is 2.05. The number of benzene rings is 2. The number of carbonyl (C=O) groups excluding carboxylic acids is 1. The molecule has 0 spiro atoms. The third-order valence-corrected chi connectivity index (χ3v) is 4.33. The van der Waals surface area contributed by atoms with Crippen molar-refractivity contribution in [2.45, 2.75) is 32.6 Å². The summed E-state index contributed by atoms with van der Waals surface area (Å²) in [6, 6.07) is 15.6. The van der Waals surface area contributed by atoms with E-state index >= 15 is 0 Å². The summed E-state index contributed by atoms with van der Waals surface area (Å²) >= 11 is 5.84. The predicted octanol–water partition coefficient (Wildman–Crippen LogP) is 4.59. The summed E-state index contributed by atoms with van der Waals surface area (Å²) in [6.07, 6.45) is 1.88. The van der Waals surface area contributed by atoms with Crippen LogP contribution in [0.1, 0.15) is 37.3 Å². The second-order valence-corrected chi connectivity index (χ2v) is 6.33. The van der Waals surface area contributed by atoms with Crippen LogP contribution in [0, 0.1) is 0 Å². The first kappa shape index (κ1) is 18.3. The number of hydrogen-bond donors (Lipinski definition) is 1. The van der Waals surface area contributed by atoms with E-state index in [1.807, 2.05) is 36.4 Å². The Balaban J connectivity index is 1.70. The molecule has 0 aliphatic carbocycles. The Morgan fingerprint density at radius 3 is 2.42 bits per heavy atom. The lowest BCUT2D eigenvalue weighted by molar-refractivity contribution is -0.123. The summed E-state index contributed by atoms with van der Waals surface area (Å²) in [5.74, 6) is 1.14. The van der Waals surface area contributed by atoms with Gasteiger partial charge in [0.15, 0.2) is 6.61 Å². The number of rotatable bonds is 8. The molecule has 0 bridgehead atoms. The average Bonchev–Trinajstić information content (AvgIpc) is 2.61. The first-order valence-corrected chi connectivity index (χ1v) is 8.70. The average molecular weight is 346 g/mol. The third kappa shape index (κ3) is 5.89. The molecule has 2 rings (SSSR count). The van der Waals surface area contributed by atoms with Crippen molar-refractivity contribution in [1.29, 1.82) is 0 Å². The fourth-order valence-electron chi connectivity index (χ4n) is 2.33. The van der Waals surface area contributed by atoms with E-state index in [1.165, 1.54) is 5.56 Å². The highest BCUT2D eigenvalue weighted by Crippen LogP contribution is 2.21. The molecule has 0 aliphatic rings. The van der Waals surface area contributed by atoms with Gasteiger partial charge in [-0.15, -0.1) is 0 Å². The SMILES string of the molecule is CCC(C)c1ccc(OCC(=O)NCCc2ccc(Cl)cc2)cc1. The number of hydrogen-bond acceptors (Lipinski definition) is 2. The fraction of sp³-hybridized carbons (Fsp3) is 0.350. The first-order chi connectivity index (χ1) is 11.6. The maximum atomic E-state index is 11.8. The van der Waals surface area contributed by atoms with Crippen LogP contribution < -0.4 is 10.1 Å². The molecule has 1 amide bonds. The Bertz CT molecular complexity index is 638. The van der Waals surface area contributed by atoms with Crippen LogP contribution in [-0.4, -0.2) is 19.1 Å². The van der Waals surface area contributed by atoms with Crippen LogP contribution in [0.2, 0.25) is 5.02 Å². The van der Waals surface area contributed by atoms with Gasteiger partial charge in [-0.3, -0.25) is 4.79 Å². The van der Waals surface area contributed by atoms with Gasteiger partial charge in [0.05, 0.1) is 0 Å². The van der Waals surface area contributed by atoms with E-state index in [9.17, 15) is 4.79 Å². The van der Waals surface area contributed by atoms with Crippen molar-refractivity contribution in [2.24, 2.45) is 0 Å². The number of ether oxygens (including phenoxy) is 1. The molecular formula is C20H24ClNO2. The molecule has 0 fully saturated rings. The van der Waals surface area contributed by atoms with Gasteiger partial charge in [-0.25, -0.2) is 0 Å². The van der Waals surface area contributed by atoms with Gasteiger partial charge in [0.25, 0.3) is 5.91 Å². The zero-order valence-electron chi connectivity index (χ0n) is 14.2. The molecule has 1 N–H and O–H groups in total. The van der Waals surface area contributed by atoms with Gasteiger partial charge in [-0.05, 0) is 54.2 Å². The van der Waals surface area contributed by atoms with Crippen LogP contribution in [-0.2, 0) is 11.2 Å². The van der Waals surface area contributed by atoms with Crippen LogP contribution in [0.3, 0.4) is 0 Å². The Labute approximate surface area is 149 Å². The Kier molecular flexibility index (Phi) is 7.13. The molecule has 24 heavy (non-hydrogen) atoms. The second-order valence-electron chi connectivity index (χ2n) is 5.89. The molecule has 3 nitrogen and oxygen atoms in total. The summed E-state index contributed by atoms with van der Waals surface area (Å²) in [5.41, 5.74) is 2.43. The Hall–Kier alpha value is -2.00. The van der Waals surface area contributed by atoms with Crippen molar-refractivity contribution < 1.29 is 9.53 Å². The molecule has 0 saturated heterocycles. The summed E-state index contributed by atoms with van der Waals surface area (Å²) < 4.78 is 5.53. The van der Waals surface area contributed by atoms with E-state index in [0.717, 1.165) is 29.2 Å². The number of carbonyl (C=O) groups is 1. The topological polar surface area (TPSA) is 38.3 Å². The predicted molar refractivity (Wildman–Crippen MR) is 98.8 cm³/mol. The molecule has 0 heterocycles.